The van der Waals surface area contributed by atoms with Crippen LogP contribution in [0, 0.1) is 17.5 Å². The van der Waals surface area contributed by atoms with Crippen molar-refractivity contribution in [2.24, 2.45) is 0 Å². The first kappa shape index (κ1) is 15.1. The van der Waals surface area contributed by atoms with E-state index in [-0.39, 0.29) is 22.8 Å². The lowest BCUT2D eigenvalue weighted by atomic mass is 9.99. The van der Waals surface area contributed by atoms with Crippen LogP contribution in [0.3, 0.4) is 0 Å². The minimum atomic E-state index is -1.27. The van der Waals surface area contributed by atoms with Gasteiger partial charge < -0.3 is 4.74 Å². The fourth-order valence-corrected chi connectivity index (χ4v) is 1.96. The number of ether oxygens (including phenoxy) is 1. The first-order valence-electron chi connectivity index (χ1n) is 6.33. The van der Waals surface area contributed by atoms with Crippen molar-refractivity contribution in [3.63, 3.8) is 0 Å². The van der Waals surface area contributed by atoms with E-state index in [1.54, 1.807) is 6.07 Å². The minimum absolute atomic E-state index is 0.0876. The average molecular weight is 294 g/mol. The Labute approximate surface area is 120 Å². The summed E-state index contributed by atoms with van der Waals surface area (Å²) in [4.78, 5) is 11.2. The molecule has 0 atom stereocenters. The fourth-order valence-electron chi connectivity index (χ4n) is 1.96. The normalized spacial score (nSPS) is 10.8. The van der Waals surface area contributed by atoms with Crippen LogP contribution < -0.4 is 4.74 Å². The van der Waals surface area contributed by atoms with Gasteiger partial charge in [-0.15, -0.1) is 0 Å². The van der Waals surface area contributed by atoms with Crippen LogP contribution in [0.4, 0.5) is 13.2 Å². The second-order valence-corrected chi connectivity index (χ2v) is 4.78. The van der Waals surface area contributed by atoms with Gasteiger partial charge in [-0.25, -0.2) is 13.2 Å². The Bertz CT molecular complexity index is 681. The number of aldehydes is 1. The Morgan fingerprint density at radius 3 is 2.24 bits per heavy atom. The van der Waals surface area contributed by atoms with E-state index in [4.69, 9.17) is 4.74 Å². The molecule has 0 saturated heterocycles. The van der Waals surface area contributed by atoms with E-state index in [2.05, 4.69) is 0 Å². The van der Waals surface area contributed by atoms with E-state index in [0.29, 0.717) is 18.1 Å². The van der Waals surface area contributed by atoms with Crippen molar-refractivity contribution in [2.75, 3.05) is 0 Å². The molecule has 2 nitrogen and oxygen atoms in total. The molecule has 0 aliphatic heterocycles. The zero-order valence-electron chi connectivity index (χ0n) is 11.5. The number of halogens is 3. The van der Waals surface area contributed by atoms with Crippen molar-refractivity contribution >= 4 is 6.29 Å². The van der Waals surface area contributed by atoms with E-state index in [1.807, 2.05) is 13.8 Å². The third-order valence-corrected chi connectivity index (χ3v) is 2.82. The van der Waals surface area contributed by atoms with Crippen molar-refractivity contribution in [3.05, 3.63) is 53.3 Å². The quantitative estimate of drug-likeness (QED) is 0.618. The highest BCUT2D eigenvalue weighted by Crippen LogP contribution is 2.30. The van der Waals surface area contributed by atoms with Gasteiger partial charge in [0, 0.05) is 17.2 Å². The molecule has 2 aromatic carbocycles. The third-order valence-electron chi connectivity index (χ3n) is 2.82. The molecule has 0 bridgehead atoms. The summed E-state index contributed by atoms with van der Waals surface area (Å²) >= 11 is 0. The summed E-state index contributed by atoms with van der Waals surface area (Å²) in [6.07, 6.45) is 0.429. The van der Waals surface area contributed by atoms with Crippen LogP contribution in [0.25, 0.3) is 11.1 Å². The number of benzene rings is 2. The molecule has 0 unspecified atom stereocenters. The Morgan fingerprint density at radius 1 is 0.952 bits per heavy atom. The first-order chi connectivity index (χ1) is 9.92. The van der Waals surface area contributed by atoms with Crippen LogP contribution in [0.1, 0.15) is 24.2 Å². The van der Waals surface area contributed by atoms with Crippen LogP contribution in [0.5, 0.6) is 5.75 Å². The van der Waals surface area contributed by atoms with E-state index in [0.717, 1.165) is 6.07 Å². The topological polar surface area (TPSA) is 26.3 Å². The monoisotopic (exact) mass is 294 g/mol. The van der Waals surface area contributed by atoms with Gasteiger partial charge in [-0.3, -0.25) is 4.79 Å². The predicted octanol–water partition coefficient (Wildman–Crippen LogP) is 4.37. The highest BCUT2D eigenvalue weighted by atomic mass is 19.2. The molecule has 5 heteroatoms. The first-order valence-corrected chi connectivity index (χ1v) is 6.33. The lowest BCUT2D eigenvalue weighted by Crippen LogP contribution is -2.06. The van der Waals surface area contributed by atoms with Gasteiger partial charge in [-0.2, -0.15) is 0 Å². The van der Waals surface area contributed by atoms with Crippen LogP contribution in [-0.4, -0.2) is 12.4 Å². The lowest BCUT2D eigenvalue weighted by molar-refractivity contribution is 0.112. The van der Waals surface area contributed by atoms with E-state index in [9.17, 15) is 18.0 Å². The maximum Gasteiger partial charge on any atom is 0.161 e. The summed E-state index contributed by atoms with van der Waals surface area (Å²) in [7, 11) is 0. The molecule has 0 aliphatic carbocycles. The van der Waals surface area contributed by atoms with Gasteiger partial charge in [0.1, 0.15) is 11.6 Å². The van der Waals surface area contributed by atoms with Crippen LogP contribution in [0.15, 0.2) is 30.3 Å². The maximum atomic E-state index is 13.8. The molecule has 0 spiro atoms. The molecule has 0 aromatic heterocycles. The van der Waals surface area contributed by atoms with Crippen molar-refractivity contribution in [2.45, 2.75) is 20.0 Å². The molecule has 0 aliphatic rings. The smallest absolute Gasteiger partial charge is 0.161 e. The van der Waals surface area contributed by atoms with Gasteiger partial charge in [0.15, 0.2) is 17.9 Å². The number of hydrogen-bond donors (Lipinski definition) is 0. The predicted molar refractivity (Wildman–Crippen MR) is 72.9 cm³/mol. The van der Waals surface area contributed by atoms with Gasteiger partial charge in [0.2, 0.25) is 0 Å². The summed E-state index contributed by atoms with van der Waals surface area (Å²) in [5, 5.41) is 0. The van der Waals surface area contributed by atoms with Crippen LogP contribution >= 0.6 is 0 Å². The molecule has 0 amide bonds. The molecule has 0 N–H and O–H groups in total. The fraction of sp³-hybridized carbons (Fsp3) is 0.188. The van der Waals surface area contributed by atoms with Crippen molar-refractivity contribution in [3.8, 4) is 16.9 Å². The minimum Gasteiger partial charge on any atom is -0.491 e. The lowest BCUT2D eigenvalue weighted by Gasteiger charge is -2.12. The van der Waals surface area contributed by atoms with E-state index < -0.39 is 17.5 Å². The molecule has 2 rings (SSSR count). The molecule has 0 heterocycles. The van der Waals surface area contributed by atoms with Crippen molar-refractivity contribution in [1.29, 1.82) is 0 Å². The average Bonchev–Trinajstić information content (AvgIpc) is 2.42. The third kappa shape index (κ3) is 3.24. The number of carbonyl (C=O) groups is 1. The van der Waals surface area contributed by atoms with E-state index in [1.165, 1.54) is 12.1 Å². The summed E-state index contributed by atoms with van der Waals surface area (Å²) in [5.41, 5.74) is 0.141. The number of carbonyl (C=O) groups excluding carboxylic acids is 1. The highest BCUT2D eigenvalue weighted by Gasteiger charge is 2.15. The van der Waals surface area contributed by atoms with Crippen molar-refractivity contribution < 1.29 is 22.7 Å². The van der Waals surface area contributed by atoms with Gasteiger partial charge in [0.05, 0.1) is 6.10 Å². The standard InChI is InChI=1S/C16H13F3O2/c1-9(2)21-11-3-4-12(10(5-11)8-20)13-6-15(18)16(19)7-14(13)17/h3-9H,1-2H3. The SMILES string of the molecule is CC(C)Oc1ccc(-c2cc(F)c(F)cc2F)c(C=O)c1. The number of hydrogen-bond acceptors (Lipinski definition) is 2. The molecule has 0 fully saturated rings. The molecule has 110 valence electrons. The Kier molecular flexibility index (Phi) is 4.31. The second-order valence-electron chi connectivity index (χ2n) is 4.78. The number of rotatable bonds is 4. The summed E-state index contributed by atoms with van der Waals surface area (Å²) < 4.78 is 45.5. The largest absolute Gasteiger partial charge is 0.491 e. The second kappa shape index (κ2) is 5.99. The highest BCUT2D eigenvalue weighted by molar-refractivity contribution is 5.88. The molecular weight excluding hydrogens is 281 g/mol. The summed E-state index contributed by atoms with van der Waals surface area (Å²) in [5.74, 6) is -2.94. The van der Waals surface area contributed by atoms with Gasteiger partial charge >= 0.3 is 0 Å². The molecule has 0 radical (unpaired) electrons. The maximum absolute atomic E-state index is 13.8. The zero-order chi connectivity index (χ0) is 15.6. The van der Waals surface area contributed by atoms with Gasteiger partial charge in [0.25, 0.3) is 0 Å². The van der Waals surface area contributed by atoms with Crippen molar-refractivity contribution in [1.82, 2.24) is 0 Å². The molecular formula is C16H13F3O2. The van der Waals surface area contributed by atoms with Gasteiger partial charge in [-0.05, 0) is 43.7 Å². The van der Waals surface area contributed by atoms with Crippen LogP contribution in [-0.2, 0) is 0 Å². The zero-order valence-corrected chi connectivity index (χ0v) is 11.5. The Balaban J connectivity index is 2.54. The molecule has 21 heavy (non-hydrogen) atoms. The summed E-state index contributed by atoms with van der Waals surface area (Å²) in [6.45, 7) is 3.65. The van der Waals surface area contributed by atoms with E-state index >= 15 is 0 Å². The Hall–Kier alpha value is -2.30. The van der Waals surface area contributed by atoms with Gasteiger partial charge in [-0.1, -0.05) is 0 Å². The Morgan fingerprint density at radius 2 is 1.62 bits per heavy atom. The summed E-state index contributed by atoms with van der Waals surface area (Å²) in [6, 6.07) is 5.61. The van der Waals surface area contributed by atoms with Crippen LogP contribution in [0.2, 0.25) is 0 Å². The molecule has 2 aromatic rings. The molecule has 0 saturated carbocycles.